The second kappa shape index (κ2) is 35.7. The number of ether oxygens (including phenoxy) is 2. The smallest absolute Gasteiger partial charge is 0.472 e. The molecular weight excluding hydrogens is 697 g/mol. The van der Waals surface area contributed by atoms with Crippen LogP contribution in [0.4, 0.5) is 0 Å². The first-order valence-electron chi connectivity index (χ1n) is 19.1. The minimum Gasteiger partial charge on any atom is -0.480 e. The molecule has 300 valence electrons. The molecule has 0 aromatic carbocycles. The standard InChI is InChI=1S/C41H66NO10P/c1-3-5-7-9-11-13-15-16-17-18-19-20-21-22-23-25-27-29-31-33-40(44)52-37(35-50-53(47,48)51-36-38(42)41(45)46)34-49-39(43)32-30-28-26-24-14-12-10-8-6-4-2/h5,7-8,10-11,13,16-17,19-20,22-23,27,29,37-38H,3-4,6,9,12,14-15,18,21,24-26,28,30-36,42H2,1-2H3,(H,45,46)(H,47,48)/b7-5-,10-8-,13-11-,17-16-,20-19-,23-22-,29-27-. The number of nitrogens with two attached hydrogens (primary N) is 1. The van der Waals surface area contributed by atoms with Crippen molar-refractivity contribution in [2.75, 3.05) is 19.8 Å². The molecule has 53 heavy (non-hydrogen) atoms. The Morgan fingerprint density at radius 3 is 1.66 bits per heavy atom. The highest BCUT2D eigenvalue weighted by atomic mass is 31.2. The topological polar surface area (TPSA) is 172 Å². The zero-order chi connectivity index (χ0) is 39.3. The van der Waals surface area contributed by atoms with E-state index in [-0.39, 0.29) is 19.4 Å². The molecule has 0 saturated carbocycles. The predicted molar refractivity (Wildman–Crippen MR) is 212 cm³/mol. The van der Waals surface area contributed by atoms with Crippen molar-refractivity contribution in [2.45, 2.75) is 135 Å². The molecule has 0 spiro atoms. The maximum absolute atomic E-state index is 12.5. The van der Waals surface area contributed by atoms with Crippen LogP contribution in [0.1, 0.15) is 123 Å². The molecule has 0 bridgehead atoms. The fourth-order valence-electron chi connectivity index (χ4n) is 4.38. The van der Waals surface area contributed by atoms with E-state index in [1.54, 1.807) is 0 Å². The highest BCUT2D eigenvalue weighted by molar-refractivity contribution is 7.47. The molecule has 0 aliphatic rings. The zero-order valence-electron chi connectivity index (χ0n) is 32.1. The van der Waals surface area contributed by atoms with E-state index < -0.39 is 51.1 Å². The minimum absolute atomic E-state index is 0.0295. The largest absolute Gasteiger partial charge is 0.480 e. The third-order valence-corrected chi connectivity index (χ3v) is 8.32. The van der Waals surface area contributed by atoms with Crippen LogP contribution in [0.3, 0.4) is 0 Å². The minimum atomic E-state index is -4.74. The molecule has 0 rings (SSSR count). The van der Waals surface area contributed by atoms with E-state index in [1.165, 1.54) is 0 Å². The predicted octanol–water partition coefficient (Wildman–Crippen LogP) is 9.55. The fourth-order valence-corrected chi connectivity index (χ4v) is 5.16. The summed E-state index contributed by atoms with van der Waals surface area (Å²) >= 11 is 0. The second-order valence-corrected chi connectivity index (χ2v) is 13.8. The van der Waals surface area contributed by atoms with Crippen LogP contribution in [0.2, 0.25) is 0 Å². The number of hydrogen-bond acceptors (Lipinski definition) is 9. The average molecular weight is 764 g/mol. The lowest BCUT2D eigenvalue weighted by Crippen LogP contribution is -2.34. The van der Waals surface area contributed by atoms with Gasteiger partial charge >= 0.3 is 25.7 Å². The van der Waals surface area contributed by atoms with Crippen LogP contribution in [0.25, 0.3) is 0 Å². The summed E-state index contributed by atoms with van der Waals surface area (Å²) in [6.07, 6.45) is 42.5. The zero-order valence-corrected chi connectivity index (χ0v) is 33.0. The van der Waals surface area contributed by atoms with Crippen molar-refractivity contribution in [3.8, 4) is 0 Å². The quantitative estimate of drug-likeness (QED) is 0.0247. The molecule has 0 fully saturated rings. The lowest BCUT2D eigenvalue weighted by atomic mass is 10.1. The number of phosphoric acid groups is 1. The molecule has 0 aliphatic carbocycles. The van der Waals surface area contributed by atoms with Crippen molar-refractivity contribution in [3.63, 3.8) is 0 Å². The van der Waals surface area contributed by atoms with Gasteiger partial charge in [-0.25, -0.2) is 4.57 Å². The number of unbranched alkanes of at least 4 members (excludes halogenated alkanes) is 6. The highest BCUT2D eigenvalue weighted by Crippen LogP contribution is 2.43. The van der Waals surface area contributed by atoms with Gasteiger partial charge in [-0.15, -0.1) is 0 Å². The Balaban J connectivity index is 4.59. The number of phosphoric ester groups is 1. The van der Waals surface area contributed by atoms with E-state index in [0.29, 0.717) is 19.3 Å². The number of carbonyl (C=O) groups is 3. The molecule has 3 atom stereocenters. The third-order valence-electron chi connectivity index (χ3n) is 7.37. The van der Waals surface area contributed by atoms with E-state index in [4.69, 9.17) is 24.8 Å². The lowest BCUT2D eigenvalue weighted by molar-refractivity contribution is -0.161. The Bertz CT molecular complexity index is 1220. The van der Waals surface area contributed by atoms with E-state index in [1.807, 2.05) is 18.2 Å². The van der Waals surface area contributed by atoms with Crippen LogP contribution >= 0.6 is 7.82 Å². The lowest BCUT2D eigenvalue weighted by Gasteiger charge is -2.20. The van der Waals surface area contributed by atoms with Crippen molar-refractivity contribution in [1.29, 1.82) is 0 Å². The molecule has 0 aromatic heterocycles. The number of esters is 2. The van der Waals surface area contributed by atoms with Crippen molar-refractivity contribution in [1.82, 2.24) is 0 Å². The van der Waals surface area contributed by atoms with Crippen molar-refractivity contribution >= 4 is 25.7 Å². The molecule has 3 unspecified atom stereocenters. The number of allylic oxidation sites excluding steroid dienone is 14. The van der Waals surface area contributed by atoms with Gasteiger partial charge in [0.2, 0.25) is 0 Å². The van der Waals surface area contributed by atoms with Gasteiger partial charge in [0.25, 0.3) is 0 Å². The summed E-state index contributed by atoms with van der Waals surface area (Å²) in [4.78, 5) is 45.7. The van der Waals surface area contributed by atoms with Crippen LogP contribution < -0.4 is 5.73 Å². The summed E-state index contributed by atoms with van der Waals surface area (Å²) in [6, 6.07) is -1.54. The molecule has 0 aliphatic heterocycles. The maximum atomic E-state index is 12.5. The van der Waals surface area contributed by atoms with Gasteiger partial charge in [0.05, 0.1) is 13.2 Å². The summed E-state index contributed by atoms with van der Waals surface area (Å²) in [6.45, 7) is 2.50. The molecule has 4 N–H and O–H groups in total. The highest BCUT2D eigenvalue weighted by Gasteiger charge is 2.28. The van der Waals surface area contributed by atoms with Crippen LogP contribution in [-0.2, 0) is 37.5 Å². The molecule has 0 radical (unpaired) electrons. The van der Waals surface area contributed by atoms with Gasteiger partial charge in [0.1, 0.15) is 12.6 Å². The van der Waals surface area contributed by atoms with Crippen molar-refractivity contribution in [3.05, 3.63) is 85.1 Å². The van der Waals surface area contributed by atoms with Crippen LogP contribution in [0.15, 0.2) is 85.1 Å². The number of carboxylic acid groups (broad SMARTS) is 1. The molecule has 0 heterocycles. The van der Waals surface area contributed by atoms with Crippen LogP contribution in [0, 0.1) is 0 Å². The Morgan fingerprint density at radius 2 is 1.09 bits per heavy atom. The molecule has 0 saturated heterocycles. The molecule has 11 nitrogen and oxygen atoms in total. The monoisotopic (exact) mass is 763 g/mol. The number of aliphatic carboxylic acids is 1. The normalized spacial score (nSPS) is 14.8. The maximum Gasteiger partial charge on any atom is 0.472 e. The molecule has 0 aromatic rings. The Kier molecular flexibility index (Phi) is 33.4. The van der Waals surface area contributed by atoms with Crippen molar-refractivity contribution in [2.24, 2.45) is 5.73 Å². The van der Waals surface area contributed by atoms with Gasteiger partial charge in [0.15, 0.2) is 6.10 Å². The Labute approximate surface area is 318 Å². The van der Waals surface area contributed by atoms with E-state index in [9.17, 15) is 23.8 Å². The summed E-state index contributed by atoms with van der Waals surface area (Å²) in [5.41, 5.74) is 5.31. The average Bonchev–Trinajstić information content (AvgIpc) is 3.13. The van der Waals surface area contributed by atoms with Crippen LogP contribution in [0.5, 0.6) is 0 Å². The molecule has 12 heteroatoms. The van der Waals surface area contributed by atoms with Gasteiger partial charge in [-0.3, -0.25) is 23.4 Å². The summed E-state index contributed by atoms with van der Waals surface area (Å²) in [5.74, 6) is -2.52. The van der Waals surface area contributed by atoms with Gasteiger partial charge in [0, 0.05) is 12.8 Å². The summed E-state index contributed by atoms with van der Waals surface area (Å²) < 4.78 is 32.4. The fraction of sp³-hybridized carbons (Fsp3) is 0.585. The van der Waals surface area contributed by atoms with E-state index in [0.717, 1.165) is 77.0 Å². The van der Waals surface area contributed by atoms with Gasteiger partial charge < -0.3 is 25.2 Å². The Hall–Kier alpha value is -3.34. The van der Waals surface area contributed by atoms with Crippen molar-refractivity contribution < 1.29 is 47.5 Å². The van der Waals surface area contributed by atoms with Gasteiger partial charge in [-0.2, -0.15) is 0 Å². The number of carboxylic acids is 1. The molecule has 0 amide bonds. The first-order valence-corrected chi connectivity index (χ1v) is 20.6. The Morgan fingerprint density at radius 1 is 0.604 bits per heavy atom. The third kappa shape index (κ3) is 35.5. The molecular formula is C41H66NO10P. The van der Waals surface area contributed by atoms with E-state index in [2.05, 4.69) is 85.2 Å². The van der Waals surface area contributed by atoms with Gasteiger partial charge in [-0.1, -0.05) is 125 Å². The number of carbonyl (C=O) groups excluding carboxylic acids is 2. The first kappa shape index (κ1) is 49.7. The summed E-state index contributed by atoms with van der Waals surface area (Å²) in [7, 11) is -4.74. The summed E-state index contributed by atoms with van der Waals surface area (Å²) in [5, 5.41) is 8.85. The number of hydrogen-bond donors (Lipinski definition) is 3. The first-order chi connectivity index (χ1) is 25.6. The second-order valence-electron chi connectivity index (χ2n) is 12.3. The van der Waals surface area contributed by atoms with E-state index >= 15 is 0 Å². The number of rotatable bonds is 34. The van der Waals surface area contributed by atoms with Crippen LogP contribution in [-0.4, -0.2) is 59.9 Å². The van der Waals surface area contributed by atoms with Gasteiger partial charge in [-0.05, 0) is 70.6 Å². The SMILES string of the molecule is CC/C=C\C/C=C\C/C=C\C/C=C\C/C=C\C/C=C\CCC(=O)OC(COC(=O)CCCCCCC/C=C\CCC)COP(=O)(O)OCC(N)C(=O)O.